The molecule has 0 spiro atoms. The Balaban J connectivity index is 2.90. The molecule has 2 nitrogen and oxygen atoms in total. The van der Waals surface area contributed by atoms with Crippen LogP contribution < -0.4 is 5.32 Å². The van der Waals surface area contributed by atoms with E-state index < -0.39 is 0 Å². The summed E-state index contributed by atoms with van der Waals surface area (Å²) < 4.78 is 5.11. The molecule has 0 amide bonds. The highest BCUT2D eigenvalue weighted by atomic mass is 16.5. The van der Waals surface area contributed by atoms with Gasteiger partial charge >= 0.3 is 0 Å². The third-order valence-electron chi connectivity index (χ3n) is 4.13. The van der Waals surface area contributed by atoms with Crippen molar-refractivity contribution in [1.82, 2.24) is 5.32 Å². The molecule has 2 heteroatoms. The summed E-state index contributed by atoms with van der Waals surface area (Å²) in [5.41, 5.74) is 4.43. The molecule has 108 valence electrons. The van der Waals surface area contributed by atoms with Gasteiger partial charge in [-0.2, -0.15) is 0 Å². The minimum Gasteiger partial charge on any atom is -0.383 e. The Morgan fingerprint density at radius 3 is 2.11 bits per heavy atom. The Bertz CT molecular complexity index is 363. The van der Waals surface area contributed by atoms with Crippen molar-refractivity contribution in [3.63, 3.8) is 0 Å². The van der Waals surface area contributed by atoms with Crippen molar-refractivity contribution in [2.45, 2.75) is 46.0 Å². The van der Waals surface area contributed by atoms with E-state index in [0.29, 0.717) is 0 Å². The van der Waals surface area contributed by atoms with Gasteiger partial charge in [0.2, 0.25) is 0 Å². The van der Waals surface area contributed by atoms with Crippen molar-refractivity contribution in [3.05, 3.63) is 34.9 Å². The summed E-state index contributed by atoms with van der Waals surface area (Å²) in [5, 5.41) is 3.54. The van der Waals surface area contributed by atoms with Gasteiger partial charge in [0.15, 0.2) is 0 Å². The number of hydrogen-bond donors (Lipinski definition) is 1. The molecule has 0 heterocycles. The van der Waals surface area contributed by atoms with Gasteiger partial charge in [-0.25, -0.2) is 0 Å². The van der Waals surface area contributed by atoms with Crippen LogP contribution in [0, 0.1) is 13.8 Å². The van der Waals surface area contributed by atoms with Crippen LogP contribution in [-0.2, 0) is 10.2 Å². The molecule has 1 aromatic carbocycles. The Hall–Kier alpha value is -0.860. The number of benzene rings is 1. The molecule has 0 aliphatic heterocycles. The van der Waals surface area contributed by atoms with Crippen LogP contribution in [0.25, 0.3) is 0 Å². The van der Waals surface area contributed by atoms with Crippen molar-refractivity contribution in [2.24, 2.45) is 0 Å². The molecule has 0 bridgehead atoms. The average Bonchev–Trinajstić information content (AvgIpc) is 2.38. The van der Waals surface area contributed by atoms with Gasteiger partial charge < -0.3 is 10.1 Å². The fraction of sp³-hybridized carbons (Fsp3) is 0.647. The highest BCUT2D eigenvalue weighted by Gasteiger charge is 2.28. The maximum absolute atomic E-state index is 5.11. The quantitative estimate of drug-likeness (QED) is 0.724. The molecule has 1 rings (SSSR count). The molecule has 0 aliphatic carbocycles. The van der Waals surface area contributed by atoms with Crippen molar-refractivity contribution >= 4 is 0 Å². The summed E-state index contributed by atoms with van der Waals surface area (Å²) in [6.07, 6.45) is 2.32. The van der Waals surface area contributed by atoms with E-state index in [1.54, 1.807) is 7.11 Å². The van der Waals surface area contributed by atoms with E-state index in [1.165, 1.54) is 16.7 Å². The van der Waals surface area contributed by atoms with Crippen molar-refractivity contribution < 1.29 is 4.74 Å². The van der Waals surface area contributed by atoms with Gasteiger partial charge in [-0.3, -0.25) is 0 Å². The minimum absolute atomic E-state index is 0.241. The molecule has 0 saturated carbocycles. The third kappa shape index (κ3) is 4.32. The van der Waals surface area contributed by atoms with Gasteiger partial charge in [-0.1, -0.05) is 43.2 Å². The smallest absolute Gasteiger partial charge is 0.0587 e. The van der Waals surface area contributed by atoms with Crippen LogP contribution in [0.1, 0.15) is 43.4 Å². The van der Waals surface area contributed by atoms with Crippen LogP contribution in [0.2, 0.25) is 0 Å². The first kappa shape index (κ1) is 16.2. The molecule has 0 atom stereocenters. The largest absolute Gasteiger partial charge is 0.383 e. The van der Waals surface area contributed by atoms with E-state index >= 15 is 0 Å². The zero-order valence-electron chi connectivity index (χ0n) is 13.2. The first-order valence-electron chi connectivity index (χ1n) is 7.36. The summed E-state index contributed by atoms with van der Waals surface area (Å²) in [4.78, 5) is 0. The van der Waals surface area contributed by atoms with Crippen molar-refractivity contribution in [1.29, 1.82) is 0 Å². The normalized spacial score (nSPS) is 11.8. The van der Waals surface area contributed by atoms with E-state index in [1.807, 2.05) is 0 Å². The summed E-state index contributed by atoms with van der Waals surface area (Å²) in [7, 11) is 1.75. The van der Waals surface area contributed by atoms with Gasteiger partial charge in [0, 0.05) is 25.6 Å². The zero-order chi connectivity index (χ0) is 14.3. The lowest BCUT2D eigenvalue weighted by atomic mass is 9.75. The fourth-order valence-corrected chi connectivity index (χ4v) is 2.79. The molecule has 0 fully saturated rings. The fourth-order valence-electron chi connectivity index (χ4n) is 2.79. The van der Waals surface area contributed by atoms with Gasteiger partial charge in [0.25, 0.3) is 0 Å². The van der Waals surface area contributed by atoms with E-state index in [-0.39, 0.29) is 5.41 Å². The predicted molar refractivity (Wildman–Crippen MR) is 82.9 cm³/mol. The van der Waals surface area contributed by atoms with E-state index in [0.717, 1.165) is 32.5 Å². The first-order chi connectivity index (χ1) is 9.07. The molecule has 1 N–H and O–H groups in total. The maximum atomic E-state index is 5.11. The van der Waals surface area contributed by atoms with Crippen LogP contribution in [0.15, 0.2) is 18.2 Å². The lowest BCUT2D eigenvalue weighted by molar-refractivity contribution is 0.195. The van der Waals surface area contributed by atoms with Crippen LogP contribution in [0.4, 0.5) is 0 Å². The van der Waals surface area contributed by atoms with E-state index in [4.69, 9.17) is 4.74 Å². The van der Waals surface area contributed by atoms with Gasteiger partial charge in [-0.15, -0.1) is 0 Å². The Morgan fingerprint density at radius 2 is 1.63 bits per heavy atom. The van der Waals surface area contributed by atoms with Crippen LogP contribution in [0.3, 0.4) is 0 Å². The van der Waals surface area contributed by atoms with Crippen LogP contribution in [-0.4, -0.2) is 26.8 Å². The molecule has 0 unspecified atom stereocenters. The highest BCUT2D eigenvalue weighted by molar-refractivity contribution is 5.34. The molecular formula is C17H29NO. The Morgan fingerprint density at radius 1 is 1.05 bits per heavy atom. The van der Waals surface area contributed by atoms with Crippen LogP contribution in [0.5, 0.6) is 0 Å². The first-order valence-corrected chi connectivity index (χ1v) is 7.36. The SMILES string of the molecule is CCC(CC)(CNCCOC)c1cc(C)cc(C)c1. The molecule has 19 heavy (non-hydrogen) atoms. The second-order valence-electron chi connectivity index (χ2n) is 5.53. The minimum atomic E-state index is 0.241. The molecule has 0 saturated heterocycles. The second kappa shape index (κ2) is 7.66. The number of aryl methyl sites for hydroxylation is 2. The standard InChI is InChI=1S/C17H29NO/c1-6-17(7-2,13-18-8-9-19-5)16-11-14(3)10-15(4)12-16/h10-12,18H,6-9,13H2,1-5H3. The third-order valence-corrected chi connectivity index (χ3v) is 4.13. The maximum Gasteiger partial charge on any atom is 0.0587 e. The number of hydrogen-bond acceptors (Lipinski definition) is 2. The summed E-state index contributed by atoms with van der Waals surface area (Å²) in [5.74, 6) is 0. The number of rotatable bonds is 8. The Kier molecular flexibility index (Phi) is 6.53. The number of nitrogens with one attached hydrogen (secondary N) is 1. The van der Waals surface area contributed by atoms with Gasteiger partial charge in [-0.05, 0) is 32.3 Å². The molecular weight excluding hydrogens is 234 g/mol. The Labute approximate surface area is 118 Å². The molecule has 1 aromatic rings. The van der Waals surface area contributed by atoms with E-state index in [9.17, 15) is 0 Å². The molecule has 0 aliphatic rings. The monoisotopic (exact) mass is 263 g/mol. The summed E-state index contributed by atoms with van der Waals surface area (Å²) in [6.45, 7) is 11.7. The van der Waals surface area contributed by atoms with Gasteiger partial charge in [0.1, 0.15) is 0 Å². The summed E-state index contributed by atoms with van der Waals surface area (Å²) >= 11 is 0. The molecule has 0 aromatic heterocycles. The topological polar surface area (TPSA) is 21.3 Å². The highest BCUT2D eigenvalue weighted by Crippen LogP contribution is 2.32. The molecule has 0 radical (unpaired) electrons. The van der Waals surface area contributed by atoms with Gasteiger partial charge in [0.05, 0.1) is 6.61 Å². The van der Waals surface area contributed by atoms with Crippen molar-refractivity contribution in [3.8, 4) is 0 Å². The summed E-state index contributed by atoms with van der Waals surface area (Å²) in [6, 6.07) is 6.94. The predicted octanol–water partition coefficient (Wildman–Crippen LogP) is 3.60. The zero-order valence-corrected chi connectivity index (χ0v) is 13.2. The van der Waals surface area contributed by atoms with Crippen LogP contribution >= 0.6 is 0 Å². The van der Waals surface area contributed by atoms with Crippen molar-refractivity contribution in [2.75, 3.05) is 26.8 Å². The van der Waals surface area contributed by atoms with E-state index in [2.05, 4.69) is 51.2 Å². The lowest BCUT2D eigenvalue weighted by Gasteiger charge is -2.33. The number of methoxy groups -OCH3 is 1. The number of ether oxygens (including phenoxy) is 1. The lowest BCUT2D eigenvalue weighted by Crippen LogP contribution is -2.38. The second-order valence-corrected chi connectivity index (χ2v) is 5.53. The average molecular weight is 263 g/mol.